The van der Waals surface area contributed by atoms with Crippen LogP contribution in [0.1, 0.15) is 20.3 Å². The smallest absolute Gasteiger partial charge is 0.0721 e. The molecule has 0 radical (unpaired) electrons. The quantitative estimate of drug-likeness (QED) is 0.513. The van der Waals surface area contributed by atoms with E-state index in [4.69, 9.17) is 5.73 Å². The zero-order valence-electron chi connectivity index (χ0n) is 7.49. The molecular weight excluding hydrogens is 140 g/mol. The minimum absolute atomic E-state index is 0.0869. The second-order valence-electron chi connectivity index (χ2n) is 3.64. The predicted molar refractivity (Wildman–Crippen MR) is 45.3 cm³/mol. The third-order valence-electron chi connectivity index (χ3n) is 2.92. The van der Waals surface area contributed by atoms with Crippen LogP contribution in [0.4, 0.5) is 0 Å². The van der Waals surface area contributed by atoms with Crippen LogP contribution in [-0.4, -0.2) is 41.3 Å². The van der Waals surface area contributed by atoms with Crippen LogP contribution in [0, 0.1) is 0 Å². The zero-order valence-corrected chi connectivity index (χ0v) is 7.49. The van der Waals surface area contributed by atoms with E-state index in [0.29, 0.717) is 6.04 Å². The number of nitrogens with two attached hydrogens (primary N) is 1. The van der Waals surface area contributed by atoms with E-state index in [9.17, 15) is 5.11 Å². The lowest BCUT2D eigenvalue weighted by molar-refractivity contribution is 0.00966. The number of likely N-dealkylation sites (N-methyl/N-ethyl adjacent to an activating group) is 1. The zero-order chi connectivity index (χ0) is 8.59. The van der Waals surface area contributed by atoms with Crippen molar-refractivity contribution in [3.05, 3.63) is 0 Å². The Labute approximate surface area is 68.2 Å². The van der Waals surface area contributed by atoms with Gasteiger partial charge in [0.05, 0.1) is 6.10 Å². The standard InChI is InChI=1S/C8H18N2O/c1-5-4-7(11)8(9)6(2)10(5)3/h5-8,11H,4,9H2,1-3H3. The number of hydrogen-bond acceptors (Lipinski definition) is 3. The predicted octanol–water partition coefficient (Wildman–Crippen LogP) is -0.213. The first-order valence-corrected chi connectivity index (χ1v) is 4.19. The Balaban J connectivity index is 2.63. The van der Waals surface area contributed by atoms with E-state index in [1.54, 1.807) is 0 Å². The van der Waals surface area contributed by atoms with E-state index < -0.39 is 0 Å². The third kappa shape index (κ3) is 1.55. The van der Waals surface area contributed by atoms with Crippen molar-refractivity contribution in [2.24, 2.45) is 5.73 Å². The maximum absolute atomic E-state index is 9.48. The molecule has 0 bridgehead atoms. The summed E-state index contributed by atoms with van der Waals surface area (Å²) in [6.45, 7) is 4.18. The van der Waals surface area contributed by atoms with Crippen LogP contribution < -0.4 is 5.73 Å². The van der Waals surface area contributed by atoms with Gasteiger partial charge in [-0.2, -0.15) is 0 Å². The Kier molecular flexibility index (Phi) is 2.52. The van der Waals surface area contributed by atoms with Crippen LogP contribution in [-0.2, 0) is 0 Å². The van der Waals surface area contributed by atoms with Crippen molar-refractivity contribution in [2.45, 2.75) is 44.5 Å². The average Bonchev–Trinajstić information content (AvgIpc) is 1.97. The molecule has 0 spiro atoms. The van der Waals surface area contributed by atoms with Crippen LogP contribution in [0.15, 0.2) is 0 Å². The van der Waals surface area contributed by atoms with Crippen molar-refractivity contribution in [3.8, 4) is 0 Å². The van der Waals surface area contributed by atoms with Crippen molar-refractivity contribution in [1.29, 1.82) is 0 Å². The summed E-state index contributed by atoms with van der Waals surface area (Å²) in [6, 6.07) is 0.643. The Morgan fingerprint density at radius 1 is 1.45 bits per heavy atom. The maximum Gasteiger partial charge on any atom is 0.0721 e. The highest BCUT2D eigenvalue weighted by Gasteiger charge is 2.33. The molecule has 4 atom stereocenters. The van der Waals surface area contributed by atoms with Gasteiger partial charge in [0.2, 0.25) is 0 Å². The number of piperidine rings is 1. The summed E-state index contributed by atoms with van der Waals surface area (Å²) in [5.74, 6) is 0. The number of hydrogen-bond donors (Lipinski definition) is 2. The maximum atomic E-state index is 9.48. The summed E-state index contributed by atoms with van der Waals surface area (Å²) in [6.07, 6.45) is 0.471. The second kappa shape index (κ2) is 3.09. The summed E-state index contributed by atoms with van der Waals surface area (Å²) >= 11 is 0. The highest BCUT2D eigenvalue weighted by molar-refractivity contribution is 4.91. The lowest BCUT2D eigenvalue weighted by Gasteiger charge is -2.42. The first-order chi connectivity index (χ1) is 5.04. The molecule has 1 saturated heterocycles. The van der Waals surface area contributed by atoms with E-state index in [2.05, 4.69) is 25.8 Å². The Hall–Kier alpha value is -0.120. The molecule has 11 heavy (non-hydrogen) atoms. The van der Waals surface area contributed by atoms with Crippen LogP contribution in [0.25, 0.3) is 0 Å². The number of aliphatic hydroxyl groups excluding tert-OH is 1. The number of likely N-dealkylation sites (tertiary alicyclic amines) is 1. The van der Waals surface area contributed by atoms with Gasteiger partial charge in [-0.1, -0.05) is 0 Å². The topological polar surface area (TPSA) is 49.5 Å². The fourth-order valence-electron chi connectivity index (χ4n) is 1.67. The van der Waals surface area contributed by atoms with E-state index in [1.165, 1.54) is 0 Å². The van der Waals surface area contributed by atoms with Gasteiger partial charge in [0, 0.05) is 18.1 Å². The molecule has 0 saturated carbocycles. The van der Waals surface area contributed by atoms with Crippen LogP contribution in [0.3, 0.4) is 0 Å². The van der Waals surface area contributed by atoms with Crippen molar-refractivity contribution >= 4 is 0 Å². The Morgan fingerprint density at radius 3 is 2.55 bits per heavy atom. The van der Waals surface area contributed by atoms with Gasteiger partial charge in [0.1, 0.15) is 0 Å². The molecule has 1 aliphatic heterocycles. The molecular formula is C8H18N2O. The average molecular weight is 158 g/mol. The van der Waals surface area contributed by atoms with E-state index in [-0.39, 0.29) is 18.2 Å². The SMILES string of the molecule is CC1CC(O)C(N)C(C)N1C. The lowest BCUT2D eigenvalue weighted by Crippen LogP contribution is -2.59. The molecule has 1 aliphatic rings. The van der Waals surface area contributed by atoms with Crippen LogP contribution in [0.5, 0.6) is 0 Å². The van der Waals surface area contributed by atoms with Crippen LogP contribution in [0.2, 0.25) is 0 Å². The summed E-state index contributed by atoms with van der Waals surface area (Å²) in [7, 11) is 2.06. The van der Waals surface area contributed by atoms with Crippen molar-refractivity contribution in [2.75, 3.05) is 7.05 Å². The molecule has 0 amide bonds. The fourth-order valence-corrected chi connectivity index (χ4v) is 1.67. The van der Waals surface area contributed by atoms with E-state index >= 15 is 0 Å². The molecule has 1 heterocycles. The Bertz CT molecular complexity index is 126. The first-order valence-electron chi connectivity index (χ1n) is 4.19. The largest absolute Gasteiger partial charge is 0.391 e. The van der Waals surface area contributed by atoms with Crippen molar-refractivity contribution in [3.63, 3.8) is 0 Å². The van der Waals surface area contributed by atoms with Gasteiger partial charge in [-0.3, -0.25) is 4.90 Å². The van der Waals surface area contributed by atoms with Crippen molar-refractivity contribution < 1.29 is 5.11 Å². The lowest BCUT2D eigenvalue weighted by atomic mass is 9.91. The number of aliphatic hydroxyl groups is 1. The van der Waals surface area contributed by atoms with E-state index in [1.807, 2.05) is 0 Å². The molecule has 0 aliphatic carbocycles. The fraction of sp³-hybridized carbons (Fsp3) is 1.00. The summed E-state index contributed by atoms with van der Waals surface area (Å²) in [4.78, 5) is 2.22. The molecule has 1 fully saturated rings. The molecule has 0 aromatic rings. The van der Waals surface area contributed by atoms with Gasteiger partial charge in [-0.05, 0) is 27.3 Å². The van der Waals surface area contributed by atoms with Gasteiger partial charge < -0.3 is 10.8 Å². The third-order valence-corrected chi connectivity index (χ3v) is 2.92. The monoisotopic (exact) mass is 158 g/mol. The molecule has 0 aromatic heterocycles. The van der Waals surface area contributed by atoms with E-state index in [0.717, 1.165) is 6.42 Å². The normalized spacial score (nSPS) is 47.7. The molecule has 3 nitrogen and oxygen atoms in total. The molecule has 1 rings (SSSR count). The summed E-state index contributed by atoms with van der Waals surface area (Å²) in [5, 5.41) is 9.48. The highest BCUT2D eigenvalue weighted by Crippen LogP contribution is 2.19. The molecule has 66 valence electrons. The highest BCUT2D eigenvalue weighted by atomic mass is 16.3. The molecule has 0 aromatic carbocycles. The van der Waals surface area contributed by atoms with Gasteiger partial charge >= 0.3 is 0 Å². The van der Waals surface area contributed by atoms with Gasteiger partial charge in [-0.15, -0.1) is 0 Å². The van der Waals surface area contributed by atoms with Gasteiger partial charge in [0.15, 0.2) is 0 Å². The number of nitrogens with zero attached hydrogens (tertiary/aromatic N) is 1. The minimum atomic E-state index is -0.323. The van der Waals surface area contributed by atoms with Gasteiger partial charge in [0.25, 0.3) is 0 Å². The summed E-state index contributed by atoms with van der Waals surface area (Å²) < 4.78 is 0. The van der Waals surface area contributed by atoms with Gasteiger partial charge in [-0.25, -0.2) is 0 Å². The summed E-state index contributed by atoms with van der Waals surface area (Å²) in [5.41, 5.74) is 5.78. The minimum Gasteiger partial charge on any atom is -0.391 e. The second-order valence-corrected chi connectivity index (χ2v) is 3.64. The van der Waals surface area contributed by atoms with Crippen molar-refractivity contribution in [1.82, 2.24) is 4.90 Å². The Morgan fingerprint density at radius 2 is 2.00 bits per heavy atom. The number of rotatable bonds is 0. The first kappa shape index (κ1) is 8.97. The molecule has 3 N–H and O–H groups in total. The molecule has 3 heteroatoms. The van der Waals surface area contributed by atoms with Crippen LogP contribution >= 0.6 is 0 Å². The molecule has 4 unspecified atom stereocenters.